The summed E-state index contributed by atoms with van der Waals surface area (Å²) in [4.78, 5) is 0. The van der Waals surface area contributed by atoms with Gasteiger partial charge in [0.25, 0.3) is 0 Å². The van der Waals surface area contributed by atoms with Crippen molar-refractivity contribution in [3.05, 3.63) is 12.7 Å². The molecular weight excluding hydrogens is 174 g/mol. The SMILES string of the molecule is C=CCCC(C)NC1CCC(O)CC1. The summed E-state index contributed by atoms with van der Waals surface area (Å²) < 4.78 is 0. The largest absolute Gasteiger partial charge is 0.393 e. The maximum Gasteiger partial charge on any atom is 0.0541 e. The van der Waals surface area contributed by atoms with Crippen molar-refractivity contribution in [2.24, 2.45) is 0 Å². The lowest BCUT2D eigenvalue weighted by Crippen LogP contribution is -2.39. The molecule has 1 aliphatic rings. The van der Waals surface area contributed by atoms with Crippen LogP contribution >= 0.6 is 0 Å². The Balaban J connectivity index is 2.13. The van der Waals surface area contributed by atoms with Gasteiger partial charge in [-0.25, -0.2) is 0 Å². The zero-order valence-electron chi connectivity index (χ0n) is 9.21. The number of nitrogens with one attached hydrogen (secondary N) is 1. The van der Waals surface area contributed by atoms with Gasteiger partial charge in [0.1, 0.15) is 0 Å². The highest BCUT2D eigenvalue weighted by atomic mass is 16.3. The highest BCUT2D eigenvalue weighted by Crippen LogP contribution is 2.19. The summed E-state index contributed by atoms with van der Waals surface area (Å²) in [5.74, 6) is 0. The van der Waals surface area contributed by atoms with E-state index in [2.05, 4.69) is 18.8 Å². The van der Waals surface area contributed by atoms with Gasteiger partial charge in [0.2, 0.25) is 0 Å². The predicted molar refractivity (Wildman–Crippen MR) is 60.3 cm³/mol. The van der Waals surface area contributed by atoms with Gasteiger partial charge in [0.05, 0.1) is 6.10 Å². The van der Waals surface area contributed by atoms with Gasteiger partial charge in [-0.05, 0) is 45.4 Å². The molecule has 1 unspecified atom stereocenters. The van der Waals surface area contributed by atoms with Crippen molar-refractivity contribution in [3.8, 4) is 0 Å². The van der Waals surface area contributed by atoms with Gasteiger partial charge in [0.15, 0.2) is 0 Å². The lowest BCUT2D eigenvalue weighted by molar-refractivity contribution is 0.114. The van der Waals surface area contributed by atoms with Gasteiger partial charge in [0, 0.05) is 12.1 Å². The normalized spacial score (nSPS) is 29.9. The zero-order valence-corrected chi connectivity index (χ0v) is 9.21. The molecule has 1 fully saturated rings. The summed E-state index contributed by atoms with van der Waals surface area (Å²) >= 11 is 0. The average Bonchev–Trinajstić information content (AvgIpc) is 2.18. The van der Waals surface area contributed by atoms with E-state index in [9.17, 15) is 5.11 Å². The van der Waals surface area contributed by atoms with Crippen LogP contribution in [0.15, 0.2) is 12.7 Å². The van der Waals surface area contributed by atoms with E-state index < -0.39 is 0 Å². The third-order valence-corrected chi connectivity index (χ3v) is 3.02. The fourth-order valence-electron chi connectivity index (χ4n) is 2.10. The Kier molecular flexibility index (Phi) is 5.20. The van der Waals surface area contributed by atoms with Crippen LogP contribution in [0, 0.1) is 0 Å². The Morgan fingerprint density at radius 2 is 2.07 bits per heavy atom. The average molecular weight is 197 g/mol. The summed E-state index contributed by atoms with van der Waals surface area (Å²) in [6, 6.07) is 1.20. The fourth-order valence-corrected chi connectivity index (χ4v) is 2.10. The van der Waals surface area contributed by atoms with Gasteiger partial charge in [-0.2, -0.15) is 0 Å². The molecular formula is C12H23NO. The van der Waals surface area contributed by atoms with Crippen molar-refractivity contribution in [2.45, 2.75) is 63.6 Å². The van der Waals surface area contributed by atoms with Crippen molar-refractivity contribution in [2.75, 3.05) is 0 Å². The van der Waals surface area contributed by atoms with Crippen LogP contribution in [0.4, 0.5) is 0 Å². The molecule has 82 valence electrons. The Hall–Kier alpha value is -0.340. The molecule has 0 aromatic rings. The Morgan fingerprint density at radius 3 is 2.64 bits per heavy atom. The summed E-state index contributed by atoms with van der Waals surface area (Å²) in [7, 11) is 0. The summed E-state index contributed by atoms with van der Waals surface area (Å²) in [5.41, 5.74) is 0. The van der Waals surface area contributed by atoms with E-state index in [1.54, 1.807) is 0 Å². The molecule has 1 saturated carbocycles. The highest BCUT2D eigenvalue weighted by molar-refractivity contribution is 4.80. The van der Waals surface area contributed by atoms with Crippen LogP contribution in [0.2, 0.25) is 0 Å². The van der Waals surface area contributed by atoms with Crippen LogP contribution in [-0.4, -0.2) is 23.3 Å². The molecule has 0 heterocycles. The first-order valence-corrected chi connectivity index (χ1v) is 5.77. The van der Waals surface area contributed by atoms with Gasteiger partial charge >= 0.3 is 0 Å². The Bertz CT molecular complexity index is 162. The number of aliphatic hydroxyl groups excluding tert-OH is 1. The van der Waals surface area contributed by atoms with E-state index in [0.29, 0.717) is 12.1 Å². The van der Waals surface area contributed by atoms with E-state index in [1.807, 2.05) is 6.08 Å². The maximum atomic E-state index is 9.36. The smallest absolute Gasteiger partial charge is 0.0541 e. The number of allylic oxidation sites excluding steroid dienone is 1. The number of rotatable bonds is 5. The van der Waals surface area contributed by atoms with E-state index in [1.165, 1.54) is 6.42 Å². The molecule has 2 N–H and O–H groups in total. The highest BCUT2D eigenvalue weighted by Gasteiger charge is 2.19. The zero-order chi connectivity index (χ0) is 10.4. The third kappa shape index (κ3) is 4.25. The maximum absolute atomic E-state index is 9.36. The minimum atomic E-state index is -0.0449. The fraction of sp³-hybridized carbons (Fsp3) is 0.833. The van der Waals surface area contributed by atoms with Crippen molar-refractivity contribution >= 4 is 0 Å². The van der Waals surface area contributed by atoms with E-state index in [-0.39, 0.29) is 6.10 Å². The van der Waals surface area contributed by atoms with Crippen LogP contribution in [0.25, 0.3) is 0 Å². The molecule has 0 spiro atoms. The van der Waals surface area contributed by atoms with Gasteiger partial charge in [-0.15, -0.1) is 6.58 Å². The minimum absolute atomic E-state index is 0.0449. The second kappa shape index (κ2) is 6.20. The first-order chi connectivity index (χ1) is 6.72. The monoisotopic (exact) mass is 197 g/mol. The van der Waals surface area contributed by atoms with Crippen LogP contribution in [0.5, 0.6) is 0 Å². The molecule has 1 atom stereocenters. The van der Waals surface area contributed by atoms with Crippen LogP contribution < -0.4 is 5.32 Å². The molecule has 1 rings (SSSR count). The quantitative estimate of drug-likeness (QED) is 0.662. The Morgan fingerprint density at radius 1 is 1.43 bits per heavy atom. The summed E-state index contributed by atoms with van der Waals surface area (Å²) in [5, 5.41) is 13.0. The molecule has 14 heavy (non-hydrogen) atoms. The first kappa shape index (κ1) is 11.7. The lowest BCUT2D eigenvalue weighted by Gasteiger charge is -2.29. The first-order valence-electron chi connectivity index (χ1n) is 5.77. The second-order valence-corrected chi connectivity index (χ2v) is 4.44. The third-order valence-electron chi connectivity index (χ3n) is 3.02. The van der Waals surface area contributed by atoms with E-state index in [4.69, 9.17) is 0 Å². The molecule has 0 amide bonds. The lowest BCUT2D eigenvalue weighted by atomic mass is 9.92. The van der Waals surface area contributed by atoms with Crippen molar-refractivity contribution in [3.63, 3.8) is 0 Å². The van der Waals surface area contributed by atoms with Gasteiger partial charge in [-0.1, -0.05) is 6.08 Å². The molecule has 1 aliphatic carbocycles. The van der Waals surface area contributed by atoms with Gasteiger partial charge in [-0.3, -0.25) is 0 Å². The number of hydrogen-bond donors (Lipinski definition) is 2. The molecule has 0 aromatic heterocycles. The predicted octanol–water partition coefficient (Wildman–Crippen LogP) is 2.23. The minimum Gasteiger partial charge on any atom is -0.393 e. The standard InChI is InChI=1S/C12H23NO/c1-3-4-5-10(2)13-11-6-8-12(14)9-7-11/h3,10-14H,1,4-9H2,2H3. The molecule has 2 heteroatoms. The topological polar surface area (TPSA) is 32.3 Å². The summed E-state index contributed by atoms with van der Waals surface area (Å²) in [6.45, 7) is 5.96. The van der Waals surface area contributed by atoms with Crippen molar-refractivity contribution in [1.29, 1.82) is 0 Å². The second-order valence-electron chi connectivity index (χ2n) is 4.44. The van der Waals surface area contributed by atoms with E-state index >= 15 is 0 Å². The number of aliphatic hydroxyl groups is 1. The van der Waals surface area contributed by atoms with E-state index in [0.717, 1.165) is 32.1 Å². The molecule has 0 aliphatic heterocycles. The Labute approximate surface area is 87.4 Å². The van der Waals surface area contributed by atoms with Crippen LogP contribution in [-0.2, 0) is 0 Å². The van der Waals surface area contributed by atoms with Crippen LogP contribution in [0.1, 0.15) is 45.4 Å². The molecule has 0 saturated heterocycles. The van der Waals surface area contributed by atoms with Crippen molar-refractivity contribution < 1.29 is 5.11 Å². The molecule has 0 aromatic carbocycles. The van der Waals surface area contributed by atoms with Crippen LogP contribution in [0.3, 0.4) is 0 Å². The molecule has 0 radical (unpaired) electrons. The van der Waals surface area contributed by atoms with Crippen molar-refractivity contribution in [1.82, 2.24) is 5.32 Å². The molecule has 2 nitrogen and oxygen atoms in total. The number of hydrogen-bond acceptors (Lipinski definition) is 2. The summed E-state index contributed by atoms with van der Waals surface area (Å²) in [6.07, 6.45) is 8.36. The molecule has 0 bridgehead atoms. The van der Waals surface area contributed by atoms with Gasteiger partial charge < -0.3 is 10.4 Å².